The van der Waals surface area contributed by atoms with E-state index in [1.807, 2.05) is 35.4 Å². The van der Waals surface area contributed by atoms with Crippen molar-refractivity contribution in [3.63, 3.8) is 0 Å². The minimum Gasteiger partial charge on any atom is -0.356 e. The van der Waals surface area contributed by atoms with E-state index in [4.69, 9.17) is 23.2 Å². The summed E-state index contributed by atoms with van der Waals surface area (Å²) in [6.45, 7) is 1.96. The number of amides is 4. The predicted molar refractivity (Wildman–Crippen MR) is 155 cm³/mol. The standard InChI is InChI=1S/C26H28BrCl2F3N6O4S/c1-24(6-12-8-37(2)10-15(27)18(12)43-24)19(36-23(42)26(30,31)32)22(41)38-9-14-16(25(14,28)29)17(38)21(40)35-13(7-33)5-11-3-4-34-20(11)39/h8,10-14,16-19H,3-6,9H2,1-2H3,(H2-,34,35,36,39,40,42)/p+1/t11-,12?,13-,14-,16-,17-,18?,19+,24?/m0/s1. The molecule has 0 aromatic carbocycles. The molecule has 5 aliphatic rings. The summed E-state index contributed by atoms with van der Waals surface area (Å²) in [7, 11) is 1.81. The number of nitrogens with zero attached hydrogens (tertiary/aromatic N) is 3. The Labute approximate surface area is 268 Å². The molecule has 234 valence electrons. The minimum absolute atomic E-state index is 0.0465. The van der Waals surface area contributed by atoms with Gasteiger partial charge in [0.1, 0.15) is 35.7 Å². The highest BCUT2D eigenvalue weighted by Gasteiger charge is 2.74. The Kier molecular flexibility index (Phi) is 8.59. The fourth-order valence-corrected chi connectivity index (χ4v) is 10.2. The molecule has 1 aliphatic carbocycles. The summed E-state index contributed by atoms with van der Waals surface area (Å²) < 4.78 is 40.5. The fourth-order valence-electron chi connectivity index (χ4n) is 6.73. The van der Waals surface area contributed by atoms with Gasteiger partial charge in [-0.25, -0.2) is 4.58 Å². The summed E-state index contributed by atoms with van der Waals surface area (Å²) >= 11 is 17.6. The van der Waals surface area contributed by atoms with Gasteiger partial charge in [0.2, 0.25) is 17.7 Å². The summed E-state index contributed by atoms with van der Waals surface area (Å²) in [4.78, 5) is 53.2. The van der Waals surface area contributed by atoms with Gasteiger partial charge < -0.3 is 20.9 Å². The third-order valence-corrected chi connectivity index (χ3v) is 12.7. The van der Waals surface area contributed by atoms with Gasteiger partial charge in [0.25, 0.3) is 0 Å². The van der Waals surface area contributed by atoms with Gasteiger partial charge in [0.05, 0.1) is 21.7 Å². The van der Waals surface area contributed by atoms with Crippen LogP contribution in [-0.2, 0) is 19.2 Å². The quantitative estimate of drug-likeness (QED) is 0.272. The van der Waals surface area contributed by atoms with Gasteiger partial charge in [-0.15, -0.1) is 35.0 Å². The molecule has 0 bridgehead atoms. The molecule has 10 nitrogen and oxygen atoms in total. The van der Waals surface area contributed by atoms with Crippen molar-refractivity contribution in [3.8, 4) is 6.07 Å². The second kappa shape index (κ2) is 11.4. The number of halogens is 6. The van der Waals surface area contributed by atoms with Crippen molar-refractivity contribution < 1.29 is 36.9 Å². The van der Waals surface area contributed by atoms with Crippen LogP contribution in [0.4, 0.5) is 13.2 Å². The summed E-state index contributed by atoms with van der Waals surface area (Å²) in [5.74, 6) is -6.04. The Morgan fingerprint density at radius 1 is 1.35 bits per heavy atom. The third kappa shape index (κ3) is 6.01. The summed E-state index contributed by atoms with van der Waals surface area (Å²) in [6, 6.07) is -2.06. The van der Waals surface area contributed by atoms with Gasteiger partial charge in [-0.1, -0.05) is 0 Å². The number of nitriles is 1. The Balaban J connectivity index is 1.42. The van der Waals surface area contributed by atoms with E-state index in [9.17, 15) is 37.6 Å². The molecule has 4 fully saturated rings. The minimum atomic E-state index is -5.25. The van der Waals surface area contributed by atoms with Crippen molar-refractivity contribution in [3.05, 3.63) is 10.7 Å². The number of likely N-dealkylation sites (tertiary alicyclic amines) is 1. The molecule has 4 aliphatic heterocycles. The Bertz CT molecular complexity index is 1360. The number of thioether (sulfide) groups is 1. The van der Waals surface area contributed by atoms with Crippen LogP contribution in [0.15, 0.2) is 10.7 Å². The fraction of sp³-hybridized carbons (Fsp3) is 0.692. The number of rotatable bonds is 7. The first-order valence-corrected chi connectivity index (χ1v) is 16.1. The number of alkyl halides is 5. The first-order valence-electron chi connectivity index (χ1n) is 13.6. The van der Waals surface area contributed by atoms with Crippen LogP contribution in [0.25, 0.3) is 0 Å². The van der Waals surface area contributed by atoms with Crippen LogP contribution < -0.4 is 16.0 Å². The van der Waals surface area contributed by atoms with E-state index in [0.717, 1.165) is 9.38 Å². The number of hydrogen-bond acceptors (Lipinski definition) is 6. The van der Waals surface area contributed by atoms with E-state index in [1.54, 1.807) is 6.92 Å². The average Bonchev–Trinajstić information content (AvgIpc) is 3.37. The smallest absolute Gasteiger partial charge is 0.356 e. The van der Waals surface area contributed by atoms with Gasteiger partial charge in [0.15, 0.2) is 6.20 Å². The lowest BCUT2D eigenvalue weighted by atomic mass is 9.87. The first-order chi connectivity index (χ1) is 20.0. The zero-order valence-electron chi connectivity index (χ0n) is 23.0. The summed E-state index contributed by atoms with van der Waals surface area (Å²) in [5, 5.41) is 16.7. The molecule has 3 unspecified atom stereocenters. The van der Waals surface area contributed by atoms with E-state index in [1.165, 1.54) is 11.8 Å². The Hall–Kier alpha value is -2.02. The van der Waals surface area contributed by atoms with Crippen LogP contribution >= 0.6 is 50.9 Å². The van der Waals surface area contributed by atoms with Gasteiger partial charge >= 0.3 is 12.1 Å². The highest BCUT2D eigenvalue weighted by Crippen LogP contribution is 2.65. The lowest BCUT2D eigenvalue weighted by Gasteiger charge is -2.38. The SMILES string of the molecule is C[N+]1=CC2CC(C)([C@H](NC(=O)C(F)(F)F)C(=O)N3C[C@H]4[C@@H]([C@H]3C(=O)N[C@H](C#N)C[C@@H]3CCNC3=O)C4(Cl)Cl)SC2C(Br)=C1. The maximum atomic E-state index is 14.2. The number of carbonyl (C=O) groups excluding carboxylic acids is 4. The molecule has 3 saturated heterocycles. The molecule has 17 heteroatoms. The third-order valence-electron chi connectivity index (χ3n) is 8.88. The maximum Gasteiger partial charge on any atom is 0.471 e. The molecule has 3 N–H and O–H groups in total. The molecule has 0 aromatic heterocycles. The molecule has 1 saturated carbocycles. The first kappa shape index (κ1) is 32.4. The van der Waals surface area contributed by atoms with Crippen LogP contribution in [0.1, 0.15) is 26.2 Å². The Morgan fingerprint density at radius 3 is 2.65 bits per heavy atom. The summed E-state index contributed by atoms with van der Waals surface area (Å²) in [6.07, 6.45) is -0.725. The van der Waals surface area contributed by atoms with Crippen LogP contribution in [0.5, 0.6) is 0 Å². The molecule has 43 heavy (non-hydrogen) atoms. The normalized spacial score (nSPS) is 35.4. The van der Waals surface area contributed by atoms with Gasteiger partial charge in [-0.2, -0.15) is 18.4 Å². The van der Waals surface area contributed by atoms with Crippen molar-refractivity contribution in [1.29, 1.82) is 5.26 Å². The number of nitrogens with one attached hydrogen (secondary N) is 3. The topological polar surface area (TPSA) is 134 Å². The molecule has 0 spiro atoms. The molecule has 5 rings (SSSR count). The van der Waals surface area contributed by atoms with E-state index in [2.05, 4.69) is 26.6 Å². The van der Waals surface area contributed by atoms with Crippen molar-refractivity contribution in [1.82, 2.24) is 20.9 Å². The predicted octanol–water partition coefficient (Wildman–Crippen LogP) is 2.04. The van der Waals surface area contributed by atoms with E-state index >= 15 is 0 Å². The van der Waals surface area contributed by atoms with Crippen molar-refractivity contribution >= 4 is 80.7 Å². The van der Waals surface area contributed by atoms with Gasteiger partial charge in [0, 0.05) is 35.6 Å². The van der Waals surface area contributed by atoms with Crippen LogP contribution in [-0.4, -0.2) is 98.1 Å². The zero-order chi connectivity index (χ0) is 31.6. The molecule has 4 heterocycles. The highest BCUT2D eigenvalue weighted by atomic mass is 79.9. The second-order valence-electron chi connectivity index (χ2n) is 11.9. The number of hydrogen-bond donors (Lipinski definition) is 3. The zero-order valence-corrected chi connectivity index (χ0v) is 26.9. The highest BCUT2D eigenvalue weighted by molar-refractivity contribution is 9.11. The molecule has 9 atom stereocenters. The Morgan fingerprint density at radius 2 is 2.05 bits per heavy atom. The van der Waals surface area contributed by atoms with E-state index in [-0.39, 0.29) is 36.5 Å². The average molecular weight is 729 g/mol. The van der Waals surface area contributed by atoms with Gasteiger partial charge in [-0.05, 0) is 42.1 Å². The van der Waals surface area contributed by atoms with Crippen molar-refractivity contribution in [2.24, 2.45) is 23.7 Å². The summed E-state index contributed by atoms with van der Waals surface area (Å²) in [5.41, 5.74) is 0. The molecular weight excluding hydrogens is 700 g/mol. The van der Waals surface area contributed by atoms with Crippen LogP contribution in [0, 0.1) is 35.0 Å². The monoisotopic (exact) mass is 727 g/mol. The molecule has 4 amide bonds. The van der Waals surface area contributed by atoms with Crippen LogP contribution in [0.3, 0.4) is 0 Å². The number of fused-ring (bicyclic) bond motifs is 2. The number of carbonyl (C=O) groups is 4. The van der Waals surface area contributed by atoms with E-state index in [0.29, 0.717) is 13.0 Å². The van der Waals surface area contributed by atoms with Gasteiger partial charge in [-0.3, -0.25) is 19.2 Å². The lowest BCUT2D eigenvalue weighted by Crippen LogP contribution is -2.63. The maximum absolute atomic E-state index is 14.2. The van der Waals surface area contributed by atoms with Crippen molar-refractivity contribution in [2.75, 3.05) is 20.1 Å². The second-order valence-corrected chi connectivity index (χ2v) is 15.9. The molecule has 0 aromatic rings. The molecular formula is C26H29BrCl2F3N6O4S+. The molecule has 0 radical (unpaired) electrons. The largest absolute Gasteiger partial charge is 0.471 e. The number of piperidine rings is 1. The van der Waals surface area contributed by atoms with Crippen molar-refractivity contribution in [2.45, 2.75) is 64.8 Å². The van der Waals surface area contributed by atoms with Crippen LogP contribution in [0.2, 0.25) is 0 Å². The van der Waals surface area contributed by atoms with E-state index < -0.39 is 68.9 Å². The lowest BCUT2D eigenvalue weighted by molar-refractivity contribution is -0.421.